The van der Waals surface area contributed by atoms with Crippen LogP contribution in [0.3, 0.4) is 0 Å². The van der Waals surface area contributed by atoms with Crippen LogP contribution in [0.5, 0.6) is 0 Å². The molecule has 1 aromatic carbocycles. The van der Waals surface area contributed by atoms with E-state index in [0.29, 0.717) is 12.8 Å². The van der Waals surface area contributed by atoms with Crippen molar-refractivity contribution in [2.75, 3.05) is 0 Å². The molecule has 2 heterocycles. The van der Waals surface area contributed by atoms with Crippen molar-refractivity contribution >= 4 is 17.7 Å². The molecule has 0 spiro atoms. The summed E-state index contributed by atoms with van der Waals surface area (Å²) in [6.45, 7) is 13.0. The predicted octanol–water partition coefficient (Wildman–Crippen LogP) is 5.87. The first-order valence-electron chi connectivity index (χ1n) is 12.0. The molecule has 188 valence electrons. The van der Waals surface area contributed by atoms with E-state index in [9.17, 15) is 9.59 Å². The fourth-order valence-corrected chi connectivity index (χ4v) is 3.77. The number of ether oxygens (including phenoxy) is 2. The molecular weight excluding hydrogens is 442 g/mol. The number of nitrogens with one attached hydrogen (secondary N) is 1. The van der Waals surface area contributed by atoms with Crippen molar-refractivity contribution in [1.82, 2.24) is 14.7 Å². The van der Waals surface area contributed by atoms with Gasteiger partial charge in [-0.15, -0.1) is 0 Å². The Bertz CT molecular complexity index is 1170. The van der Waals surface area contributed by atoms with Crippen LogP contribution in [-0.4, -0.2) is 38.7 Å². The average Bonchev–Trinajstić information content (AvgIpc) is 3.16. The molecule has 7 heteroatoms. The molecule has 3 rings (SSSR count). The van der Waals surface area contributed by atoms with Gasteiger partial charge < -0.3 is 19.2 Å². The van der Waals surface area contributed by atoms with Gasteiger partial charge in [0.2, 0.25) is 0 Å². The number of alkyl carbamates (subject to hydrolysis) is 1. The lowest BCUT2D eigenvalue weighted by molar-refractivity contribution is -0.155. The Hall–Kier alpha value is -3.35. The fraction of sp³-hybridized carbons (Fsp3) is 0.464. The Morgan fingerprint density at radius 1 is 1.00 bits per heavy atom. The summed E-state index contributed by atoms with van der Waals surface area (Å²) in [5.74, 6) is -0.286. The molecule has 0 aliphatic heterocycles. The Kier molecular flexibility index (Phi) is 7.88. The van der Waals surface area contributed by atoms with Gasteiger partial charge in [0.25, 0.3) is 0 Å². The maximum absolute atomic E-state index is 12.4. The third kappa shape index (κ3) is 8.12. The van der Waals surface area contributed by atoms with Gasteiger partial charge in [0.05, 0.1) is 5.69 Å². The van der Waals surface area contributed by atoms with Gasteiger partial charge in [-0.3, -0.25) is 4.79 Å². The van der Waals surface area contributed by atoms with Gasteiger partial charge in [-0.1, -0.05) is 30.3 Å². The van der Waals surface area contributed by atoms with Crippen molar-refractivity contribution in [3.05, 3.63) is 59.9 Å². The van der Waals surface area contributed by atoms with Crippen molar-refractivity contribution in [3.63, 3.8) is 0 Å². The number of amides is 1. The van der Waals surface area contributed by atoms with Gasteiger partial charge in [0.15, 0.2) is 0 Å². The van der Waals surface area contributed by atoms with Crippen molar-refractivity contribution < 1.29 is 19.1 Å². The molecule has 0 aliphatic rings. The molecule has 1 atom stereocenters. The lowest BCUT2D eigenvalue weighted by atomic mass is 10.00. The molecular formula is C28H37N3O4. The van der Waals surface area contributed by atoms with Gasteiger partial charge in [-0.25, -0.2) is 9.78 Å². The third-order valence-electron chi connectivity index (χ3n) is 5.25. The number of hydrogen-bond acceptors (Lipinski definition) is 5. The number of aryl methyl sites for hydroxylation is 1. The molecule has 1 N–H and O–H groups in total. The summed E-state index contributed by atoms with van der Waals surface area (Å²) in [6.07, 6.45) is 4.73. The van der Waals surface area contributed by atoms with Crippen LogP contribution in [-0.2, 0) is 20.7 Å². The summed E-state index contributed by atoms with van der Waals surface area (Å²) in [7, 11) is 0. The number of carbonyl (C=O) groups excluding carboxylic acids is 2. The number of nitrogens with zero attached hydrogens (tertiary/aromatic N) is 2. The van der Waals surface area contributed by atoms with Gasteiger partial charge in [-0.2, -0.15) is 0 Å². The Balaban J connectivity index is 1.71. The number of hydrogen-bond donors (Lipinski definition) is 1. The number of rotatable bonds is 7. The lowest BCUT2D eigenvalue weighted by Crippen LogP contribution is -2.40. The highest BCUT2D eigenvalue weighted by molar-refractivity contribution is 5.71. The topological polar surface area (TPSA) is 81.9 Å². The summed E-state index contributed by atoms with van der Waals surface area (Å²) in [5, 5.41) is 2.93. The van der Waals surface area contributed by atoms with Gasteiger partial charge in [0, 0.05) is 30.4 Å². The highest BCUT2D eigenvalue weighted by Crippen LogP contribution is 2.22. The highest BCUT2D eigenvalue weighted by atomic mass is 16.6. The Morgan fingerprint density at radius 3 is 2.26 bits per heavy atom. The number of fused-ring (bicyclic) bond motifs is 1. The van der Waals surface area contributed by atoms with Crippen molar-refractivity contribution in [1.29, 1.82) is 0 Å². The van der Waals surface area contributed by atoms with E-state index < -0.39 is 17.3 Å². The SMILES string of the molecule is Cc1cccn2cc(-c3ccc(C[C@@H](CCC(=O)OC(C)(C)C)NC(=O)OC(C)(C)C)cc3)nc12. The molecule has 3 aromatic rings. The Labute approximate surface area is 207 Å². The van der Waals surface area contributed by atoms with E-state index in [1.807, 2.05) is 102 Å². The molecule has 35 heavy (non-hydrogen) atoms. The van der Waals surface area contributed by atoms with E-state index in [4.69, 9.17) is 14.5 Å². The van der Waals surface area contributed by atoms with E-state index >= 15 is 0 Å². The van der Waals surface area contributed by atoms with E-state index in [1.165, 1.54) is 0 Å². The van der Waals surface area contributed by atoms with Crippen LogP contribution in [0, 0.1) is 6.92 Å². The molecule has 7 nitrogen and oxygen atoms in total. The largest absolute Gasteiger partial charge is 0.460 e. The number of aromatic nitrogens is 2. The Morgan fingerprint density at radius 2 is 1.66 bits per heavy atom. The van der Waals surface area contributed by atoms with Crippen molar-refractivity contribution in [3.8, 4) is 11.3 Å². The summed E-state index contributed by atoms with van der Waals surface area (Å²) in [5.41, 5.74) is 3.87. The van der Waals surface area contributed by atoms with Crippen molar-refractivity contribution in [2.45, 2.75) is 85.0 Å². The monoisotopic (exact) mass is 479 g/mol. The van der Waals surface area contributed by atoms with Crippen LogP contribution in [0.4, 0.5) is 4.79 Å². The summed E-state index contributed by atoms with van der Waals surface area (Å²) in [4.78, 5) is 29.4. The van der Waals surface area contributed by atoms with E-state index in [2.05, 4.69) is 5.32 Å². The smallest absolute Gasteiger partial charge is 0.407 e. The second kappa shape index (κ2) is 10.5. The minimum Gasteiger partial charge on any atom is -0.460 e. The molecule has 0 saturated carbocycles. The van der Waals surface area contributed by atoms with Crippen LogP contribution in [0.15, 0.2) is 48.8 Å². The number of imidazole rings is 1. The maximum Gasteiger partial charge on any atom is 0.407 e. The lowest BCUT2D eigenvalue weighted by Gasteiger charge is -2.24. The molecule has 1 amide bonds. The summed E-state index contributed by atoms with van der Waals surface area (Å²) in [6, 6.07) is 11.9. The standard InChI is InChI=1S/C28H37N3O4/c1-19-9-8-16-31-18-23(30-25(19)31)21-12-10-20(11-13-21)17-22(29-26(33)35-28(5,6)7)14-15-24(32)34-27(2,3)4/h8-13,16,18,22H,14-15,17H2,1-7H3,(H,29,33)/t22-/m1/s1. The minimum absolute atomic E-state index is 0.205. The number of pyridine rings is 1. The normalized spacial score (nSPS) is 12.9. The zero-order chi connectivity index (χ0) is 25.8. The number of benzene rings is 1. The minimum atomic E-state index is -0.603. The van der Waals surface area contributed by atoms with Crippen LogP contribution >= 0.6 is 0 Å². The zero-order valence-electron chi connectivity index (χ0n) is 21.8. The van der Waals surface area contributed by atoms with Crippen molar-refractivity contribution in [2.24, 2.45) is 0 Å². The first-order chi connectivity index (χ1) is 16.3. The molecule has 2 aromatic heterocycles. The fourth-order valence-electron chi connectivity index (χ4n) is 3.77. The second-order valence-corrected chi connectivity index (χ2v) is 10.9. The van der Waals surface area contributed by atoms with E-state index in [0.717, 1.165) is 28.0 Å². The molecule has 0 unspecified atom stereocenters. The number of carbonyl (C=O) groups is 2. The molecule has 0 radical (unpaired) electrons. The highest BCUT2D eigenvalue weighted by Gasteiger charge is 2.22. The predicted molar refractivity (Wildman–Crippen MR) is 137 cm³/mol. The maximum atomic E-state index is 12.4. The second-order valence-electron chi connectivity index (χ2n) is 10.9. The van der Waals surface area contributed by atoms with Crippen LogP contribution in [0.1, 0.15) is 65.5 Å². The van der Waals surface area contributed by atoms with Crippen LogP contribution < -0.4 is 5.32 Å². The van der Waals surface area contributed by atoms with Gasteiger partial charge in [-0.05, 0) is 78.5 Å². The first-order valence-corrected chi connectivity index (χ1v) is 12.0. The first kappa shape index (κ1) is 26.3. The molecule has 0 bridgehead atoms. The summed E-state index contributed by atoms with van der Waals surface area (Å²) >= 11 is 0. The number of esters is 1. The quantitative estimate of drug-likeness (QED) is 0.429. The van der Waals surface area contributed by atoms with Gasteiger partial charge >= 0.3 is 12.1 Å². The molecule has 0 saturated heterocycles. The van der Waals surface area contributed by atoms with Crippen LogP contribution in [0.2, 0.25) is 0 Å². The molecule has 0 aliphatic carbocycles. The van der Waals surface area contributed by atoms with E-state index in [1.54, 1.807) is 0 Å². The van der Waals surface area contributed by atoms with Crippen LogP contribution in [0.25, 0.3) is 16.9 Å². The molecule has 0 fully saturated rings. The van der Waals surface area contributed by atoms with E-state index in [-0.39, 0.29) is 18.4 Å². The third-order valence-corrected chi connectivity index (χ3v) is 5.25. The summed E-state index contributed by atoms with van der Waals surface area (Å²) < 4.78 is 12.9. The zero-order valence-corrected chi connectivity index (χ0v) is 21.8. The average molecular weight is 480 g/mol. The van der Waals surface area contributed by atoms with Gasteiger partial charge in [0.1, 0.15) is 16.8 Å².